The van der Waals surface area contributed by atoms with Crippen LogP contribution in [0.15, 0.2) is 12.7 Å². The average molecular weight is 164 g/mol. The first kappa shape index (κ1) is 8.27. The molecule has 1 rings (SSSR count). The second kappa shape index (κ2) is 4.13. The maximum Gasteiger partial charge on any atom is 0.242 e. The van der Waals surface area contributed by atoms with E-state index >= 15 is 0 Å². The van der Waals surface area contributed by atoms with Gasteiger partial charge in [-0.1, -0.05) is 5.92 Å². The van der Waals surface area contributed by atoms with Gasteiger partial charge in [-0.3, -0.25) is 4.79 Å². The summed E-state index contributed by atoms with van der Waals surface area (Å²) >= 11 is 0. The van der Waals surface area contributed by atoms with Gasteiger partial charge < -0.3 is 5.32 Å². The van der Waals surface area contributed by atoms with Crippen LogP contribution < -0.4 is 5.32 Å². The molecule has 0 spiro atoms. The van der Waals surface area contributed by atoms with E-state index in [2.05, 4.69) is 21.3 Å². The second-order valence-corrected chi connectivity index (χ2v) is 2.07. The number of terminal acetylenes is 1. The maximum absolute atomic E-state index is 11.0. The highest BCUT2D eigenvalue weighted by atomic mass is 16.2. The molecule has 1 aromatic rings. The number of carbonyl (C=O) groups is 1. The van der Waals surface area contributed by atoms with Crippen LogP contribution in [0.2, 0.25) is 0 Å². The Labute approximate surface area is 69.8 Å². The van der Waals surface area contributed by atoms with Crippen LogP contribution in [0.1, 0.15) is 0 Å². The van der Waals surface area contributed by atoms with Crippen molar-refractivity contribution in [2.24, 2.45) is 0 Å². The Morgan fingerprint density at radius 2 is 2.58 bits per heavy atom. The van der Waals surface area contributed by atoms with Gasteiger partial charge in [-0.05, 0) is 0 Å². The van der Waals surface area contributed by atoms with Crippen LogP contribution in [0.4, 0.5) is 0 Å². The molecule has 1 N–H and O–H groups in total. The lowest BCUT2D eigenvalue weighted by Crippen LogP contribution is -2.27. The van der Waals surface area contributed by atoms with Gasteiger partial charge in [-0.2, -0.15) is 5.10 Å². The van der Waals surface area contributed by atoms with Crippen molar-refractivity contribution >= 4 is 5.91 Å². The minimum Gasteiger partial charge on any atom is -0.344 e. The Bertz CT molecular complexity index is 285. The summed E-state index contributed by atoms with van der Waals surface area (Å²) in [6, 6.07) is 0. The van der Waals surface area contributed by atoms with Gasteiger partial charge in [0.25, 0.3) is 0 Å². The summed E-state index contributed by atoms with van der Waals surface area (Å²) in [5.74, 6) is 2.13. The van der Waals surface area contributed by atoms with Gasteiger partial charge in [0.1, 0.15) is 19.2 Å². The van der Waals surface area contributed by atoms with E-state index in [0.717, 1.165) is 0 Å². The Morgan fingerprint density at radius 3 is 3.17 bits per heavy atom. The van der Waals surface area contributed by atoms with Crippen molar-refractivity contribution in [3.05, 3.63) is 12.7 Å². The standard InChI is InChI=1S/C7H8N4O/c1-2-3-9-7(12)4-11-6-8-5-10-11/h1,5-6H,3-4H2,(H,9,12). The van der Waals surface area contributed by atoms with Crippen molar-refractivity contribution in [3.63, 3.8) is 0 Å². The lowest BCUT2D eigenvalue weighted by Gasteiger charge is -1.99. The fourth-order valence-electron chi connectivity index (χ4n) is 0.667. The van der Waals surface area contributed by atoms with Crippen LogP contribution >= 0.6 is 0 Å². The summed E-state index contributed by atoms with van der Waals surface area (Å²) in [6.45, 7) is 0.398. The normalized spacial score (nSPS) is 8.92. The average Bonchev–Trinajstić information content (AvgIpc) is 2.53. The Morgan fingerprint density at radius 1 is 1.75 bits per heavy atom. The Hall–Kier alpha value is -1.83. The molecule has 1 amide bonds. The number of aromatic nitrogens is 3. The zero-order valence-corrected chi connectivity index (χ0v) is 6.40. The van der Waals surface area contributed by atoms with Gasteiger partial charge in [-0.15, -0.1) is 6.42 Å². The molecule has 5 nitrogen and oxygen atoms in total. The van der Waals surface area contributed by atoms with E-state index in [0.29, 0.717) is 0 Å². The molecule has 12 heavy (non-hydrogen) atoms. The zero-order chi connectivity index (χ0) is 8.81. The minimum absolute atomic E-state index is 0.154. The van der Waals surface area contributed by atoms with E-state index in [1.165, 1.54) is 17.3 Å². The van der Waals surface area contributed by atoms with Crippen LogP contribution in [-0.2, 0) is 11.3 Å². The van der Waals surface area contributed by atoms with E-state index in [4.69, 9.17) is 6.42 Å². The topological polar surface area (TPSA) is 59.8 Å². The molecule has 1 heterocycles. The van der Waals surface area contributed by atoms with Crippen LogP contribution in [0, 0.1) is 12.3 Å². The number of carbonyl (C=O) groups excluding carboxylic acids is 1. The van der Waals surface area contributed by atoms with Crippen molar-refractivity contribution in [1.29, 1.82) is 0 Å². The van der Waals surface area contributed by atoms with Gasteiger partial charge in [0.05, 0.1) is 6.54 Å². The zero-order valence-electron chi connectivity index (χ0n) is 6.40. The van der Waals surface area contributed by atoms with E-state index < -0.39 is 0 Å². The third-order valence-electron chi connectivity index (χ3n) is 1.16. The van der Waals surface area contributed by atoms with Crippen LogP contribution in [0.25, 0.3) is 0 Å². The fraction of sp³-hybridized carbons (Fsp3) is 0.286. The van der Waals surface area contributed by atoms with E-state index in [9.17, 15) is 4.79 Å². The molecule has 0 radical (unpaired) electrons. The molecule has 0 unspecified atom stereocenters. The van der Waals surface area contributed by atoms with Crippen molar-refractivity contribution < 1.29 is 4.79 Å². The summed E-state index contributed by atoms with van der Waals surface area (Å²) in [6.07, 6.45) is 7.79. The highest BCUT2D eigenvalue weighted by molar-refractivity contribution is 5.75. The molecule has 0 aliphatic carbocycles. The van der Waals surface area contributed by atoms with E-state index in [1.54, 1.807) is 0 Å². The van der Waals surface area contributed by atoms with Gasteiger partial charge in [-0.25, -0.2) is 9.67 Å². The summed E-state index contributed by atoms with van der Waals surface area (Å²) in [5, 5.41) is 6.26. The molecule has 0 aromatic carbocycles. The number of rotatable bonds is 3. The van der Waals surface area contributed by atoms with Crippen molar-refractivity contribution in [3.8, 4) is 12.3 Å². The molecule has 0 saturated heterocycles. The molecule has 5 heteroatoms. The first-order valence-electron chi connectivity index (χ1n) is 3.35. The molecule has 0 atom stereocenters. The number of hydrogen-bond donors (Lipinski definition) is 1. The summed E-state index contributed by atoms with van der Waals surface area (Å²) in [5.41, 5.74) is 0. The maximum atomic E-state index is 11.0. The van der Waals surface area contributed by atoms with Crippen LogP contribution in [0.3, 0.4) is 0 Å². The quantitative estimate of drug-likeness (QED) is 0.584. The molecule has 0 fully saturated rings. The van der Waals surface area contributed by atoms with Crippen molar-refractivity contribution in [1.82, 2.24) is 20.1 Å². The number of nitrogens with zero attached hydrogens (tertiary/aromatic N) is 3. The number of amides is 1. The van der Waals surface area contributed by atoms with E-state index in [-0.39, 0.29) is 19.0 Å². The molecule has 0 saturated carbocycles. The van der Waals surface area contributed by atoms with Gasteiger partial charge >= 0.3 is 0 Å². The Balaban J connectivity index is 2.33. The van der Waals surface area contributed by atoms with Gasteiger partial charge in [0.2, 0.25) is 5.91 Å². The monoisotopic (exact) mass is 164 g/mol. The SMILES string of the molecule is C#CCNC(=O)Cn1cncn1. The van der Waals surface area contributed by atoms with Crippen molar-refractivity contribution in [2.75, 3.05) is 6.54 Å². The fourth-order valence-corrected chi connectivity index (χ4v) is 0.667. The number of hydrogen-bond acceptors (Lipinski definition) is 3. The molecular weight excluding hydrogens is 156 g/mol. The number of nitrogens with one attached hydrogen (secondary N) is 1. The van der Waals surface area contributed by atoms with Crippen LogP contribution in [-0.4, -0.2) is 27.2 Å². The predicted molar refractivity (Wildman–Crippen MR) is 41.9 cm³/mol. The molecular formula is C7H8N4O. The summed E-state index contributed by atoms with van der Waals surface area (Å²) in [7, 11) is 0. The second-order valence-electron chi connectivity index (χ2n) is 2.07. The summed E-state index contributed by atoms with van der Waals surface area (Å²) < 4.78 is 1.42. The third-order valence-corrected chi connectivity index (χ3v) is 1.16. The highest BCUT2D eigenvalue weighted by Crippen LogP contribution is 1.79. The molecule has 62 valence electrons. The molecule has 0 aliphatic rings. The highest BCUT2D eigenvalue weighted by Gasteiger charge is 1.99. The first-order chi connectivity index (χ1) is 5.83. The largest absolute Gasteiger partial charge is 0.344 e. The molecule has 0 bridgehead atoms. The third kappa shape index (κ3) is 2.42. The Kier molecular flexibility index (Phi) is 2.85. The van der Waals surface area contributed by atoms with Gasteiger partial charge in [0, 0.05) is 0 Å². The molecule has 1 aromatic heterocycles. The predicted octanol–water partition coefficient (Wildman–Crippen LogP) is -0.973. The lowest BCUT2D eigenvalue weighted by atomic mass is 10.5. The van der Waals surface area contributed by atoms with Crippen molar-refractivity contribution in [2.45, 2.75) is 6.54 Å². The minimum atomic E-state index is -0.168. The van der Waals surface area contributed by atoms with Crippen LogP contribution in [0.5, 0.6) is 0 Å². The summed E-state index contributed by atoms with van der Waals surface area (Å²) in [4.78, 5) is 14.7. The first-order valence-corrected chi connectivity index (χ1v) is 3.35. The van der Waals surface area contributed by atoms with E-state index in [1.807, 2.05) is 0 Å². The lowest BCUT2D eigenvalue weighted by molar-refractivity contribution is -0.121. The van der Waals surface area contributed by atoms with Gasteiger partial charge in [0.15, 0.2) is 0 Å². The molecule has 0 aliphatic heterocycles. The smallest absolute Gasteiger partial charge is 0.242 e.